The Balaban J connectivity index is 1.44. The number of benzene rings is 1. The van der Waals surface area contributed by atoms with Crippen molar-refractivity contribution >= 4 is 29.4 Å². The number of methoxy groups -OCH3 is 1. The Hall–Kier alpha value is -2.70. The van der Waals surface area contributed by atoms with Crippen LogP contribution in [0, 0.1) is 23.2 Å². The lowest BCUT2D eigenvalue weighted by Crippen LogP contribution is -2.62. The molecule has 1 saturated heterocycles. The molecule has 1 aliphatic heterocycles. The third kappa shape index (κ3) is 3.64. The van der Waals surface area contributed by atoms with Gasteiger partial charge in [0.25, 0.3) is 5.91 Å². The Labute approximate surface area is 200 Å². The van der Waals surface area contributed by atoms with Crippen molar-refractivity contribution in [2.24, 2.45) is 23.2 Å². The number of imide groups is 1. The van der Waals surface area contributed by atoms with Gasteiger partial charge in [0.2, 0.25) is 11.8 Å². The molecule has 5 aliphatic rings. The van der Waals surface area contributed by atoms with Gasteiger partial charge in [0.1, 0.15) is 6.04 Å². The van der Waals surface area contributed by atoms with E-state index in [1.807, 2.05) is 20.8 Å². The zero-order valence-electron chi connectivity index (χ0n) is 20.5. The molecule has 4 bridgehead atoms. The summed E-state index contributed by atoms with van der Waals surface area (Å²) < 4.78 is 4.73. The first-order valence-corrected chi connectivity index (χ1v) is 12.4. The SMILES string of the molecule is COC(=O)c1ccc(N2C(=O)CC(N(C(=O)C34CC5CC(CC(C5)C3)C4)C(C)(C)C)C2=O)cc1. The van der Waals surface area contributed by atoms with E-state index in [0.717, 1.165) is 24.2 Å². The van der Waals surface area contributed by atoms with Crippen LogP contribution in [0.3, 0.4) is 0 Å². The van der Waals surface area contributed by atoms with Gasteiger partial charge in [0.15, 0.2) is 0 Å². The van der Waals surface area contributed by atoms with Crippen LogP contribution in [0.4, 0.5) is 5.69 Å². The maximum atomic E-state index is 14.3. The summed E-state index contributed by atoms with van der Waals surface area (Å²) in [6.07, 6.45) is 6.43. The summed E-state index contributed by atoms with van der Waals surface area (Å²) in [5, 5.41) is 0. The molecule has 4 saturated carbocycles. The fourth-order valence-electron chi connectivity index (χ4n) is 7.50. The second kappa shape index (κ2) is 7.92. The van der Waals surface area contributed by atoms with E-state index in [1.54, 1.807) is 17.0 Å². The molecule has 34 heavy (non-hydrogen) atoms. The number of carbonyl (C=O) groups excluding carboxylic acids is 4. The van der Waals surface area contributed by atoms with Crippen molar-refractivity contribution < 1.29 is 23.9 Å². The van der Waals surface area contributed by atoms with Crippen molar-refractivity contribution in [1.82, 2.24) is 4.90 Å². The molecule has 182 valence electrons. The third-order valence-electron chi connectivity index (χ3n) is 8.41. The topological polar surface area (TPSA) is 84.0 Å². The summed E-state index contributed by atoms with van der Waals surface area (Å²) in [5.41, 5.74) is -0.233. The molecule has 7 heteroatoms. The molecule has 0 N–H and O–H groups in total. The van der Waals surface area contributed by atoms with E-state index in [4.69, 9.17) is 4.74 Å². The number of nitrogens with zero attached hydrogens (tertiary/aromatic N) is 2. The quantitative estimate of drug-likeness (QED) is 0.496. The second-order valence-electron chi connectivity index (χ2n) is 11.9. The molecule has 4 aliphatic carbocycles. The highest BCUT2D eigenvalue weighted by Crippen LogP contribution is 2.61. The minimum absolute atomic E-state index is 0.0209. The van der Waals surface area contributed by atoms with E-state index in [-0.39, 0.29) is 29.6 Å². The average Bonchev–Trinajstić information content (AvgIpc) is 3.05. The normalized spacial score (nSPS) is 32.3. The Bertz CT molecular complexity index is 1000. The summed E-state index contributed by atoms with van der Waals surface area (Å²) in [6, 6.07) is 5.42. The Morgan fingerprint density at radius 2 is 1.50 bits per heavy atom. The maximum Gasteiger partial charge on any atom is 0.337 e. The van der Waals surface area contributed by atoms with Crippen molar-refractivity contribution in [2.75, 3.05) is 12.0 Å². The summed E-state index contributed by atoms with van der Waals surface area (Å²) in [4.78, 5) is 55.6. The lowest BCUT2D eigenvalue weighted by Gasteiger charge is -2.58. The van der Waals surface area contributed by atoms with Gasteiger partial charge in [0, 0.05) is 5.54 Å². The van der Waals surface area contributed by atoms with Gasteiger partial charge >= 0.3 is 5.97 Å². The zero-order chi connectivity index (χ0) is 24.4. The number of amides is 3. The number of hydrogen-bond donors (Lipinski definition) is 0. The van der Waals surface area contributed by atoms with E-state index < -0.39 is 17.6 Å². The zero-order valence-corrected chi connectivity index (χ0v) is 20.5. The van der Waals surface area contributed by atoms with E-state index >= 15 is 0 Å². The molecular formula is C27H34N2O5. The van der Waals surface area contributed by atoms with Crippen molar-refractivity contribution in [2.45, 2.75) is 77.3 Å². The molecular weight excluding hydrogens is 432 g/mol. The molecule has 5 fully saturated rings. The maximum absolute atomic E-state index is 14.3. The predicted octanol–water partition coefficient (Wildman–Crippen LogP) is 3.95. The van der Waals surface area contributed by atoms with E-state index in [9.17, 15) is 19.2 Å². The smallest absolute Gasteiger partial charge is 0.337 e. The molecule has 1 unspecified atom stereocenters. The predicted molar refractivity (Wildman–Crippen MR) is 126 cm³/mol. The van der Waals surface area contributed by atoms with Crippen molar-refractivity contribution in [3.05, 3.63) is 29.8 Å². The van der Waals surface area contributed by atoms with Gasteiger partial charge in [-0.2, -0.15) is 0 Å². The highest BCUT2D eigenvalue weighted by molar-refractivity contribution is 6.23. The Morgan fingerprint density at radius 1 is 0.971 bits per heavy atom. The van der Waals surface area contributed by atoms with Gasteiger partial charge in [-0.1, -0.05) is 0 Å². The lowest BCUT2D eigenvalue weighted by molar-refractivity contribution is -0.167. The van der Waals surface area contributed by atoms with Crippen LogP contribution in [-0.2, 0) is 19.1 Å². The van der Waals surface area contributed by atoms with Gasteiger partial charge in [0.05, 0.1) is 30.2 Å². The summed E-state index contributed by atoms with van der Waals surface area (Å²) in [7, 11) is 1.30. The van der Waals surface area contributed by atoms with Gasteiger partial charge in [-0.25, -0.2) is 9.69 Å². The average molecular weight is 467 g/mol. The standard InChI is InChI=1S/C27H34N2O5/c1-26(2,3)29(25(33)27-13-16-9-17(14-27)11-18(10-16)15-27)21-12-22(30)28(23(21)31)20-7-5-19(6-8-20)24(32)34-4/h5-8,16-18,21H,9-15H2,1-4H3. The van der Waals surface area contributed by atoms with Crippen LogP contribution in [-0.4, -0.2) is 47.3 Å². The first kappa shape index (κ1) is 23.1. The summed E-state index contributed by atoms with van der Waals surface area (Å²) in [6.45, 7) is 5.87. The molecule has 1 atom stereocenters. The monoisotopic (exact) mass is 466 g/mol. The van der Waals surface area contributed by atoms with Crippen LogP contribution in [0.15, 0.2) is 24.3 Å². The first-order chi connectivity index (χ1) is 16.0. The van der Waals surface area contributed by atoms with Gasteiger partial charge < -0.3 is 9.64 Å². The Kier molecular flexibility index (Phi) is 5.37. The van der Waals surface area contributed by atoms with Crippen LogP contribution in [0.5, 0.6) is 0 Å². The first-order valence-electron chi connectivity index (χ1n) is 12.4. The fourth-order valence-corrected chi connectivity index (χ4v) is 7.50. The van der Waals surface area contributed by atoms with Gasteiger partial charge in [-0.05, 0) is 101 Å². The number of esters is 1. The van der Waals surface area contributed by atoms with Crippen LogP contribution in [0.2, 0.25) is 0 Å². The van der Waals surface area contributed by atoms with Gasteiger partial charge in [-0.3, -0.25) is 14.4 Å². The van der Waals surface area contributed by atoms with Crippen LogP contribution >= 0.6 is 0 Å². The van der Waals surface area contributed by atoms with Gasteiger partial charge in [-0.15, -0.1) is 0 Å². The molecule has 0 radical (unpaired) electrons. The molecule has 0 spiro atoms. The molecule has 1 aromatic carbocycles. The van der Waals surface area contributed by atoms with Crippen molar-refractivity contribution in [1.29, 1.82) is 0 Å². The van der Waals surface area contributed by atoms with E-state index in [0.29, 0.717) is 29.0 Å². The molecule has 1 aromatic rings. The lowest BCUT2D eigenvalue weighted by atomic mass is 9.49. The molecule has 6 rings (SSSR count). The highest BCUT2D eigenvalue weighted by Gasteiger charge is 2.58. The Morgan fingerprint density at radius 3 is 1.97 bits per heavy atom. The number of anilines is 1. The van der Waals surface area contributed by atoms with Crippen LogP contribution in [0.25, 0.3) is 0 Å². The van der Waals surface area contributed by atoms with Crippen LogP contribution < -0.4 is 4.90 Å². The largest absolute Gasteiger partial charge is 0.465 e. The molecule has 7 nitrogen and oxygen atoms in total. The van der Waals surface area contributed by atoms with E-state index in [2.05, 4.69) is 0 Å². The second-order valence-corrected chi connectivity index (χ2v) is 11.9. The highest BCUT2D eigenvalue weighted by atomic mass is 16.5. The molecule has 3 amide bonds. The number of ether oxygens (including phenoxy) is 1. The number of hydrogen-bond acceptors (Lipinski definition) is 5. The third-order valence-corrected chi connectivity index (χ3v) is 8.41. The number of rotatable bonds is 4. The van der Waals surface area contributed by atoms with E-state index in [1.165, 1.54) is 38.5 Å². The molecule has 0 aromatic heterocycles. The fraction of sp³-hybridized carbons (Fsp3) is 0.630. The summed E-state index contributed by atoms with van der Waals surface area (Å²) >= 11 is 0. The number of carbonyl (C=O) groups is 4. The minimum Gasteiger partial charge on any atom is -0.465 e. The van der Waals surface area contributed by atoms with Crippen LogP contribution in [0.1, 0.15) is 76.1 Å². The molecule has 1 heterocycles. The summed E-state index contributed by atoms with van der Waals surface area (Å²) in [5.74, 6) is 0.724. The van der Waals surface area contributed by atoms with Crippen molar-refractivity contribution in [3.8, 4) is 0 Å². The minimum atomic E-state index is -0.812. The van der Waals surface area contributed by atoms with Crippen molar-refractivity contribution in [3.63, 3.8) is 0 Å².